The van der Waals surface area contributed by atoms with Gasteiger partial charge in [-0.05, 0) is 49.4 Å². The zero-order valence-electron chi connectivity index (χ0n) is 14.5. The van der Waals surface area contributed by atoms with E-state index in [9.17, 15) is 4.39 Å². The van der Waals surface area contributed by atoms with Gasteiger partial charge in [-0.1, -0.05) is 12.1 Å². The summed E-state index contributed by atoms with van der Waals surface area (Å²) in [7, 11) is 0. The molecule has 2 aliphatic heterocycles. The number of aromatic nitrogens is 2. The number of rotatable bonds is 3. The van der Waals surface area contributed by atoms with Crippen LogP contribution in [0.1, 0.15) is 30.1 Å². The molecule has 2 aromatic rings. The van der Waals surface area contributed by atoms with E-state index in [-0.39, 0.29) is 5.82 Å². The summed E-state index contributed by atoms with van der Waals surface area (Å²) < 4.78 is 13.6. The Labute approximate surface area is 147 Å². The number of benzene rings is 1. The van der Waals surface area contributed by atoms with Crippen molar-refractivity contribution in [3.05, 3.63) is 53.7 Å². The number of nitrogens with zero attached hydrogens (tertiary/aromatic N) is 3. The average molecular weight is 341 g/mol. The molecule has 2 saturated heterocycles. The normalized spacial score (nSPS) is 24.6. The summed E-state index contributed by atoms with van der Waals surface area (Å²) in [5.74, 6) is 2.56. The van der Waals surface area contributed by atoms with Gasteiger partial charge in [-0.15, -0.1) is 0 Å². The van der Waals surface area contributed by atoms with Crippen molar-refractivity contribution in [3.63, 3.8) is 0 Å². The van der Waals surface area contributed by atoms with E-state index >= 15 is 0 Å². The first-order chi connectivity index (χ1) is 12.2. The summed E-state index contributed by atoms with van der Waals surface area (Å²) >= 11 is 0. The highest BCUT2D eigenvalue weighted by atomic mass is 19.1. The van der Waals surface area contributed by atoms with Crippen molar-refractivity contribution in [2.45, 2.75) is 31.7 Å². The van der Waals surface area contributed by atoms with Crippen LogP contribution in [0.25, 0.3) is 0 Å². The van der Waals surface area contributed by atoms with E-state index < -0.39 is 0 Å². The van der Waals surface area contributed by atoms with Crippen LogP contribution in [-0.4, -0.2) is 35.6 Å². The smallest absolute Gasteiger partial charge is 0.132 e. The van der Waals surface area contributed by atoms with Gasteiger partial charge < -0.3 is 4.90 Å². The van der Waals surface area contributed by atoms with E-state index in [1.54, 1.807) is 12.1 Å². The van der Waals surface area contributed by atoms with Crippen LogP contribution >= 0.6 is 0 Å². The summed E-state index contributed by atoms with van der Waals surface area (Å²) in [6.07, 6.45) is 4.04. The van der Waals surface area contributed by atoms with Crippen LogP contribution in [0, 0.1) is 18.7 Å². The number of piperidine rings is 1. The van der Waals surface area contributed by atoms with E-state index in [0.29, 0.717) is 17.9 Å². The Morgan fingerprint density at radius 2 is 2.04 bits per heavy atom. The second-order valence-electron chi connectivity index (χ2n) is 7.00. The highest BCUT2D eigenvalue weighted by Gasteiger charge is 2.36. The Hall–Kier alpha value is -2.05. The molecule has 0 amide bonds. The van der Waals surface area contributed by atoms with Gasteiger partial charge in [0.2, 0.25) is 0 Å². The fourth-order valence-electron chi connectivity index (χ4n) is 4.13. The van der Waals surface area contributed by atoms with Gasteiger partial charge in [-0.3, -0.25) is 10.9 Å². The highest BCUT2D eigenvalue weighted by Crippen LogP contribution is 2.33. The largest absolute Gasteiger partial charge is 0.356 e. The molecule has 1 aromatic carbocycles. The Kier molecular flexibility index (Phi) is 4.63. The molecule has 0 aliphatic carbocycles. The molecule has 0 spiro atoms. The molecule has 2 atom stereocenters. The van der Waals surface area contributed by atoms with Gasteiger partial charge in [-0.25, -0.2) is 14.4 Å². The molecule has 25 heavy (non-hydrogen) atoms. The van der Waals surface area contributed by atoms with Gasteiger partial charge in [0.15, 0.2) is 0 Å². The minimum atomic E-state index is -0.155. The fraction of sp³-hybridized carbons (Fsp3) is 0.474. The van der Waals surface area contributed by atoms with Crippen LogP contribution in [0.5, 0.6) is 0 Å². The van der Waals surface area contributed by atoms with Crippen molar-refractivity contribution in [3.8, 4) is 0 Å². The molecular formula is C19H24FN5. The molecule has 132 valence electrons. The number of hydrogen-bond donors (Lipinski definition) is 2. The number of aryl methyl sites for hydroxylation is 1. The Bertz CT molecular complexity index is 729. The van der Waals surface area contributed by atoms with Crippen molar-refractivity contribution in [1.82, 2.24) is 20.8 Å². The molecule has 6 heteroatoms. The predicted molar refractivity (Wildman–Crippen MR) is 95.8 cm³/mol. The maximum absolute atomic E-state index is 13.6. The predicted octanol–water partition coefficient (Wildman–Crippen LogP) is 2.40. The van der Waals surface area contributed by atoms with Crippen molar-refractivity contribution in [2.24, 2.45) is 5.92 Å². The van der Waals surface area contributed by atoms with Gasteiger partial charge in [0.05, 0.1) is 0 Å². The molecule has 2 unspecified atom stereocenters. The van der Waals surface area contributed by atoms with Crippen LogP contribution in [0.2, 0.25) is 0 Å². The molecule has 2 aliphatic rings. The summed E-state index contributed by atoms with van der Waals surface area (Å²) in [6.45, 7) is 4.76. The third-order valence-electron chi connectivity index (χ3n) is 5.43. The molecule has 2 N–H and O–H groups in total. The van der Waals surface area contributed by atoms with Crippen molar-refractivity contribution >= 4 is 5.82 Å². The van der Waals surface area contributed by atoms with Gasteiger partial charge in [0.1, 0.15) is 17.5 Å². The maximum Gasteiger partial charge on any atom is 0.132 e. The van der Waals surface area contributed by atoms with E-state index in [2.05, 4.69) is 25.7 Å². The molecule has 0 radical (unpaired) electrons. The minimum absolute atomic E-state index is 0.155. The molecule has 4 rings (SSSR count). The lowest BCUT2D eigenvalue weighted by Crippen LogP contribution is -2.44. The van der Waals surface area contributed by atoms with Gasteiger partial charge in [0.25, 0.3) is 0 Å². The van der Waals surface area contributed by atoms with Crippen LogP contribution in [0.4, 0.5) is 10.2 Å². The van der Waals surface area contributed by atoms with Gasteiger partial charge >= 0.3 is 0 Å². The van der Waals surface area contributed by atoms with E-state index in [4.69, 9.17) is 0 Å². The first-order valence-corrected chi connectivity index (χ1v) is 8.99. The van der Waals surface area contributed by atoms with E-state index in [1.807, 2.05) is 25.3 Å². The average Bonchev–Trinajstić information content (AvgIpc) is 3.12. The van der Waals surface area contributed by atoms with Crippen LogP contribution < -0.4 is 15.8 Å². The monoisotopic (exact) mass is 341 g/mol. The van der Waals surface area contributed by atoms with E-state index in [0.717, 1.165) is 49.7 Å². The second-order valence-corrected chi connectivity index (χ2v) is 7.00. The van der Waals surface area contributed by atoms with Crippen LogP contribution in [0.3, 0.4) is 0 Å². The lowest BCUT2D eigenvalue weighted by Gasteiger charge is -2.37. The van der Waals surface area contributed by atoms with Crippen LogP contribution in [0.15, 0.2) is 36.5 Å². The third kappa shape index (κ3) is 3.50. The first kappa shape index (κ1) is 16.4. The standard InChI is InChI=1S/C19H24FN5/c1-13-21-8-5-18(23-13)25-9-6-14(7-10-25)19-17(12-22-24-19)15-3-2-4-16(20)11-15/h2-5,8,11,14,17,19,22,24H,6-7,9-10,12H2,1H3. The number of hydrazine groups is 1. The topological polar surface area (TPSA) is 53.1 Å². The number of nitrogens with one attached hydrogen (secondary N) is 2. The molecule has 0 bridgehead atoms. The summed E-state index contributed by atoms with van der Waals surface area (Å²) in [5.41, 5.74) is 7.80. The zero-order chi connectivity index (χ0) is 17.2. The molecule has 0 saturated carbocycles. The van der Waals surface area contributed by atoms with Gasteiger partial charge in [-0.2, -0.15) is 0 Å². The number of hydrogen-bond acceptors (Lipinski definition) is 5. The molecule has 1 aromatic heterocycles. The van der Waals surface area contributed by atoms with Crippen molar-refractivity contribution < 1.29 is 4.39 Å². The molecule has 5 nitrogen and oxygen atoms in total. The van der Waals surface area contributed by atoms with Crippen molar-refractivity contribution in [1.29, 1.82) is 0 Å². The quantitative estimate of drug-likeness (QED) is 0.898. The molecular weight excluding hydrogens is 317 g/mol. The number of halogens is 1. The Morgan fingerprint density at radius 3 is 2.80 bits per heavy atom. The number of anilines is 1. The van der Waals surface area contributed by atoms with Crippen molar-refractivity contribution in [2.75, 3.05) is 24.5 Å². The fourth-order valence-corrected chi connectivity index (χ4v) is 4.13. The summed E-state index contributed by atoms with van der Waals surface area (Å²) in [6, 6.07) is 9.35. The summed E-state index contributed by atoms with van der Waals surface area (Å²) in [5, 5.41) is 0. The van der Waals surface area contributed by atoms with Gasteiger partial charge in [0, 0.05) is 37.8 Å². The Balaban J connectivity index is 1.43. The highest BCUT2D eigenvalue weighted by molar-refractivity contribution is 5.38. The first-order valence-electron chi connectivity index (χ1n) is 8.99. The molecule has 3 heterocycles. The second kappa shape index (κ2) is 7.06. The Morgan fingerprint density at radius 1 is 1.20 bits per heavy atom. The van der Waals surface area contributed by atoms with E-state index in [1.165, 1.54) is 6.07 Å². The summed E-state index contributed by atoms with van der Waals surface area (Å²) in [4.78, 5) is 11.1. The SMILES string of the molecule is Cc1nccc(N2CCC(C3NNCC3c3cccc(F)c3)CC2)n1. The maximum atomic E-state index is 13.6. The zero-order valence-corrected chi connectivity index (χ0v) is 14.5. The minimum Gasteiger partial charge on any atom is -0.356 e. The lowest BCUT2D eigenvalue weighted by atomic mass is 9.80. The lowest BCUT2D eigenvalue weighted by molar-refractivity contribution is 0.295. The third-order valence-corrected chi connectivity index (χ3v) is 5.43. The molecule has 2 fully saturated rings. The van der Waals surface area contributed by atoms with Crippen LogP contribution in [-0.2, 0) is 0 Å².